The third kappa shape index (κ3) is 1.59. The van der Waals surface area contributed by atoms with E-state index in [0.717, 1.165) is 21.9 Å². The highest BCUT2D eigenvalue weighted by atomic mass is 16.2. The molecule has 0 atom stereocenters. The van der Waals surface area contributed by atoms with Gasteiger partial charge in [-0.2, -0.15) is 0 Å². The quantitative estimate of drug-likeness (QED) is 0.627. The summed E-state index contributed by atoms with van der Waals surface area (Å²) >= 11 is 0. The van der Waals surface area contributed by atoms with E-state index in [1.165, 1.54) is 11.6 Å². The predicted molar refractivity (Wildman–Crippen MR) is 82.4 cm³/mol. The SMILES string of the molecule is Cc1cccc2c(=O)n(C)c(=O)c3cccc(C)c3c12. The standard InChI is InChI=1S/C17H15NO2/c1-10-6-4-8-12-14(10)15-11(2)7-5-9-13(15)17(20)18(3)16(12)19/h4-9H,1-3H3. The third-order valence-electron chi connectivity index (χ3n) is 3.87. The largest absolute Gasteiger partial charge is 0.277 e. The Kier molecular flexibility index (Phi) is 2.71. The van der Waals surface area contributed by atoms with Crippen molar-refractivity contribution in [2.75, 3.05) is 0 Å². The summed E-state index contributed by atoms with van der Waals surface area (Å²) < 4.78 is 1.20. The van der Waals surface area contributed by atoms with Crippen LogP contribution in [0.25, 0.3) is 21.5 Å². The summed E-state index contributed by atoms with van der Waals surface area (Å²) in [6.07, 6.45) is 0. The molecule has 0 aliphatic carbocycles. The second kappa shape index (κ2) is 4.30. The van der Waals surface area contributed by atoms with Crippen molar-refractivity contribution in [3.63, 3.8) is 0 Å². The highest BCUT2D eigenvalue weighted by Gasteiger charge is 2.11. The Morgan fingerprint density at radius 1 is 0.750 bits per heavy atom. The summed E-state index contributed by atoms with van der Waals surface area (Å²) in [6, 6.07) is 11.2. The zero-order chi connectivity index (χ0) is 14.4. The van der Waals surface area contributed by atoms with Gasteiger partial charge in [-0.1, -0.05) is 24.3 Å². The molecule has 0 bridgehead atoms. The topological polar surface area (TPSA) is 39.1 Å². The van der Waals surface area contributed by atoms with Gasteiger partial charge in [-0.15, -0.1) is 0 Å². The van der Waals surface area contributed by atoms with Crippen molar-refractivity contribution in [2.45, 2.75) is 13.8 Å². The summed E-state index contributed by atoms with van der Waals surface area (Å²) in [5.41, 5.74) is 1.53. The second-order valence-corrected chi connectivity index (χ2v) is 5.16. The van der Waals surface area contributed by atoms with Crippen LogP contribution in [0, 0.1) is 13.8 Å². The van der Waals surface area contributed by atoms with Crippen LogP contribution in [0.3, 0.4) is 0 Å². The summed E-state index contributed by atoms with van der Waals surface area (Å²) in [6.45, 7) is 3.94. The Morgan fingerprint density at radius 2 is 1.15 bits per heavy atom. The molecule has 3 nitrogen and oxygen atoms in total. The first-order chi connectivity index (χ1) is 9.52. The van der Waals surface area contributed by atoms with Gasteiger partial charge in [0.1, 0.15) is 0 Å². The molecule has 0 saturated carbocycles. The summed E-state index contributed by atoms with van der Waals surface area (Å²) in [5.74, 6) is 0. The number of nitrogens with zero attached hydrogens (tertiary/aromatic N) is 1. The maximum atomic E-state index is 12.5. The molecule has 3 rings (SSSR count). The molecule has 0 radical (unpaired) electrons. The monoisotopic (exact) mass is 265 g/mol. The van der Waals surface area contributed by atoms with E-state index in [0.29, 0.717) is 10.8 Å². The molecule has 0 fully saturated rings. The Morgan fingerprint density at radius 3 is 1.55 bits per heavy atom. The Hall–Kier alpha value is -2.42. The van der Waals surface area contributed by atoms with E-state index in [1.54, 1.807) is 12.1 Å². The second-order valence-electron chi connectivity index (χ2n) is 5.16. The lowest BCUT2D eigenvalue weighted by molar-refractivity contribution is 0.845. The fourth-order valence-electron chi connectivity index (χ4n) is 2.81. The van der Waals surface area contributed by atoms with Crippen LogP contribution in [0.5, 0.6) is 0 Å². The van der Waals surface area contributed by atoms with E-state index in [-0.39, 0.29) is 11.1 Å². The van der Waals surface area contributed by atoms with Gasteiger partial charge >= 0.3 is 0 Å². The minimum Gasteiger partial charge on any atom is -0.277 e. The van der Waals surface area contributed by atoms with E-state index in [1.807, 2.05) is 38.1 Å². The molecular formula is C17H15NO2. The molecule has 0 amide bonds. The average molecular weight is 265 g/mol. The van der Waals surface area contributed by atoms with Gasteiger partial charge in [0, 0.05) is 17.8 Å². The van der Waals surface area contributed by atoms with Crippen molar-refractivity contribution < 1.29 is 0 Å². The zero-order valence-corrected chi connectivity index (χ0v) is 11.7. The van der Waals surface area contributed by atoms with Gasteiger partial charge < -0.3 is 0 Å². The lowest BCUT2D eigenvalue weighted by atomic mass is 9.99. The molecule has 1 aromatic heterocycles. The average Bonchev–Trinajstić information content (AvgIpc) is 2.52. The Balaban J connectivity index is 2.93. The predicted octanol–water partition coefficient (Wildman–Crippen LogP) is 2.67. The fourth-order valence-corrected chi connectivity index (χ4v) is 2.81. The van der Waals surface area contributed by atoms with E-state index >= 15 is 0 Å². The molecule has 1 heterocycles. The molecule has 0 unspecified atom stereocenters. The van der Waals surface area contributed by atoms with Crippen LogP contribution in [0.4, 0.5) is 0 Å². The number of aromatic nitrogens is 1. The van der Waals surface area contributed by atoms with Crippen molar-refractivity contribution in [3.8, 4) is 0 Å². The number of rotatable bonds is 0. The number of benzene rings is 2. The van der Waals surface area contributed by atoms with Crippen molar-refractivity contribution in [1.29, 1.82) is 0 Å². The normalized spacial score (nSPS) is 11.2. The van der Waals surface area contributed by atoms with Gasteiger partial charge in [0.2, 0.25) is 0 Å². The summed E-state index contributed by atoms with van der Waals surface area (Å²) in [5, 5.41) is 2.94. The first kappa shape index (κ1) is 12.6. The maximum Gasteiger partial charge on any atom is 0.261 e. The molecule has 0 spiro atoms. The van der Waals surface area contributed by atoms with Crippen molar-refractivity contribution in [3.05, 3.63) is 68.2 Å². The smallest absolute Gasteiger partial charge is 0.261 e. The van der Waals surface area contributed by atoms with Crippen LogP contribution >= 0.6 is 0 Å². The lowest BCUT2D eigenvalue weighted by Crippen LogP contribution is -2.26. The van der Waals surface area contributed by atoms with Crippen LogP contribution < -0.4 is 11.1 Å². The van der Waals surface area contributed by atoms with Crippen LogP contribution in [0.1, 0.15) is 11.1 Å². The molecule has 2 aromatic carbocycles. The molecule has 3 aromatic rings. The van der Waals surface area contributed by atoms with Gasteiger partial charge in [0.05, 0.1) is 0 Å². The van der Waals surface area contributed by atoms with Crippen molar-refractivity contribution in [1.82, 2.24) is 4.57 Å². The molecule has 0 saturated heterocycles. The first-order valence-electron chi connectivity index (χ1n) is 6.54. The van der Waals surface area contributed by atoms with E-state index in [2.05, 4.69) is 0 Å². The van der Waals surface area contributed by atoms with Gasteiger partial charge in [0.15, 0.2) is 0 Å². The number of hydrogen-bond acceptors (Lipinski definition) is 2. The van der Waals surface area contributed by atoms with Crippen LogP contribution in [-0.2, 0) is 7.05 Å². The minimum atomic E-state index is -0.246. The maximum absolute atomic E-state index is 12.5. The summed E-state index contributed by atoms with van der Waals surface area (Å²) in [7, 11) is 1.54. The van der Waals surface area contributed by atoms with Crippen molar-refractivity contribution >= 4 is 21.5 Å². The van der Waals surface area contributed by atoms with Crippen LogP contribution in [0.15, 0.2) is 46.0 Å². The molecule has 20 heavy (non-hydrogen) atoms. The van der Waals surface area contributed by atoms with Crippen molar-refractivity contribution in [2.24, 2.45) is 7.05 Å². The van der Waals surface area contributed by atoms with E-state index in [4.69, 9.17) is 0 Å². The fraction of sp³-hybridized carbons (Fsp3) is 0.176. The number of hydrogen-bond donors (Lipinski definition) is 0. The van der Waals surface area contributed by atoms with Gasteiger partial charge in [0.25, 0.3) is 11.1 Å². The minimum absolute atomic E-state index is 0.246. The first-order valence-corrected chi connectivity index (χ1v) is 6.54. The van der Waals surface area contributed by atoms with Crippen LogP contribution in [-0.4, -0.2) is 4.57 Å². The van der Waals surface area contributed by atoms with Gasteiger partial charge in [-0.05, 0) is 47.9 Å². The van der Waals surface area contributed by atoms with Gasteiger partial charge in [-0.25, -0.2) is 0 Å². The highest BCUT2D eigenvalue weighted by Crippen LogP contribution is 2.25. The lowest BCUT2D eigenvalue weighted by Gasteiger charge is -2.03. The molecular weight excluding hydrogens is 250 g/mol. The molecule has 0 aliphatic rings. The molecule has 3 heteroatoms. The number of aryl methyl sites for hydroxylation is 2. The number of fused-ring (bicyclic) bond motifs is 3. The van der Waals surface area contributed by atoms with Crippen LogP contribution in [0.2, 0.25) is 0 Å². The van der Waals surface area contributed by atoms with E-state index in [9.17, 15) is 9.59 Å². The summed E-state index contributed by atoms with van der Waals surface area (Å²) in [4.78, 5) is 25.0. The third-order valence-corrected chi connectivity index (χ3v) is 3.87. The molecule has 0 N–H and O–H groups in total. The zero-order valence-electron chi connectivity index (χ0n) is 11.7. The van der Waals surface area contributed by atoms with E-state index < -0.39 is 0 Å². The Labute approximate surface area is 116 Å². The van der Waals surface area contributed by atoms with Gasteiger partial charge in [-0.3, -0.25) is 14.2 Å². The highest BCUT2D eigenvalue weighted by molar-refractivity contribution is 6.08. The Bertz CT molecular complexity index is 890. The molecule has 100 valence electrons. The molecule has 0 aliphatic heterocycles.